The fraction of sp³-hybridized carbons (Fsp3) is 0.333. The first kappa shape index (κ1) is 20.8. The second-order valence-corrected chi connectivity index (χ2v) is 8.18. The van der Waals surface area contributed by atoms with Gasteiger partial charge in [0.15, 0.2) is 0 Å². The van der Waals surface area contributed by atoms with Crippen LogP contribution in [0.4, 0.5) is 11.4 Å². The fourth-order valence-corrected chi connectivity index (χ4v) is 4.21. The standard InChI is InChI=1S/C24H26N4O3/c1-16(29)26-19-10-12-20(13-11-19)27-23(30)18-8-6-17(7-9-18)14-28-15-25-22-5-3-2-4-21(22)24(28)31/h2-5,10-13,15,17-18H,6-9,14H2,1H3,(H,26,29)(H,27,30). The predicted octanol–water partition coefficient (Wildman–Crippen LogP) is 3.80. The Bertz CT molecular complexity index is 1150. The van der Waals surface area contributed by atoms with Gasteiger partial charge in [-0.2, -0.15) is 0 Å². The lowest BCUT2D eigenvalue weighted by Crippen LogP contribution is -2.30. The maximum atomic E-state index is 12.7. The molecule has 0 saturated heterocycles. The summed E-state index contributed by atoms with van der Waals surface area (Å²) in [6.07, 6.45) is 5.04. The minimum atomic E-state index is -0.129. The second kappa shape index (κ2) is 9.12. The number of aromatic nitrogens is 2. The van der Waals surface area contributed by atoms with E-state index < -0.39 is 0 Å². The molecule has 7 nitrogen and oxygen atoms in total. The van der Waals surface area contributed by atoms with Crippen molar-refractivity contribution < 1.29 is 9.59 Å². The molecule has 0 spiro atoms. The number of hydrogen-bond donors (Lipinski definition) is 2. The van der Waals surface area contributed by atoms with Crippen LogP contribution < -0.4 is 16.2 Å². The first-order valence-corrected chi connectivity index (χ1v) is 10.6. The van der Waals surface area contributed by atoms with Crippen molar-refractivity contribution >= 4 is 34.1 Å². The number of carbonyl (C=O) groups excluding carboxylic acids is 2. The summed E-state index contributed by atoms with van der Waals surface area (Å²) in [5.74, 6) is 0.227. The van der Waals surface area contributed by atoms with Crippen LogP contribution in [0, 0.1) is 11.8 Å². The van der Waals surface area contributed by atoms with Gasteiger partial charge < -0.3 is 10.6 Å². The zero-order valence-corrected chi connectivity index (χ0v) is 17.5. The molecule has 0 unspecified atom stereocenters. The summed E-state index contributed by atoms with van der Waals surface area (Å²) in [7, 11) is 0. The van der Waals surface area contributed by atoms with Crippen LogP contribution in [0.1, 0.15) is 32.6 Å². The summed E-state index contributed by atoms with van der Waals surface area (Å²) in [4.78, 5) is 40.8. The van der Waals surface area contributed by atoms with E-state index in [4.69, 9.17) is 0 Å². The summed E-state index contributed by atoms with van der Waals surface area (Å²) in [6.45, 7) is 2.09. The van der Waals surface area contributed by atoms with E-state index in [0.29, 0.717) is 29.1 Å². The molecule has 0 atom stereocenters. The normalized spacial score (nSPS) is 18.5. The molecule has 7 heteroatoms. The van der Waals surface area contributed by atoms with E-state index in [1.54, 1.807) is 35.2 Å². The van der Waals surface area contributed by atoms with Gasteiger partial charge >= 0.3 is 0 Å². The van der Waals surface area contributed by atoms with Crippen LogP contribution in [-0.4, -0.2) is 21.4 Å². The lowest BCUT2D eigenvalue weighted by atomic mass is 9.81. The molecule has 2 N–H and O–H groups in total. The smallest absolute Gasteiger partial charge is 0.261 e. The van der Waals surface area contributed by atoms with E-state index in [1.807, 2.05) is 24.3 Å². The van der Waals surface area contributed by atoms with Gasteiger partial charge in [0.25, 0.3) is 5.56 Å². The number of anilines is 2. The van der Waals surface area contributed by atoms with Gasteiger partial charge in [-0.05, 0) is 68.0 Å². The number of carbonyl (C=O) groups is 2. The van der Waals surface area contributed by atoms with E-state index in [1.165, 1.54) is 6.92 Å². The van der Waals surface area contributed by atoms with E-state index in [0.717, 1.165) is 31.4 Å². The largest absolute Gasteiger partial charge is 0.326 e. The maximum Gasteiger partial charge on any atom is 0.261 e. The van der Waals surface area contributed by atoms with Gasteiger partial charge in [0.1, 0.15) is 0 Å². The molecule has 1 heterocycles. The first-order chi connectivity index (χ1) is 15.0. The van der Waals surface area contributed by atoms with Crippen molar-refractivity contribution in [3.63, 3.8) is 0 Å². The fourth-order valence-electron chi connectivity index (χ4n) is 4.21. The number of rotatable bonds is 5. The molecule has 1 fully saturated rings. The average molecular weight is 418 g/mol. The monoisotopic (exact) mass is 418 g/mol. The Kier molecular flexibility index (Phi) is 6.11. The molecule has 3 aromatic rings. The Morgan fingerprint density at radius 2 is 1.61 bits per heavy atom. The van der Waals surface area contributed by atoms with Crippen LogP contribution in [0.5, 0.6) is 0 Å². The van der Waals surface area contributed by atoms with Gasteiger partial charge in [-0.1, -0.05) is 12.1 Å². The summed E-state index contributed by atoms with van der Waals surface area (Å²) in [5.41, 5.74) is 2.13. The Morgan fingerprint density at radius 3 is 2.29 bits per heavy atom. The molecule has 31 heavy (non-hydrogen) atoms. The van der Waals surface area contributed by atoms with Crippen molar-refractivity contribution in [3.05, 3.63) is 65.2 Å². The van der Waals surface area contributed by atoms with Gasteiger partial charge in [-0.25, -0.2) is 4.98 Å². The topological polar surface area (TPSA) is 93.1 Å². The average Bonchev–Trinajstić information content (AvgIpc) is 2.77. The van der Waals surface area contributed by atoms with Gasteiger partial charge in [-0.3, -0.25) is 19.0 Å². The molecule has 0 aliphatic heterocycles. The van der Waals surface area contributed by atoms with Crippen LogP contribution in [-0.2, 0) is 16.1 Å². The second-order valence-electron chi connectivity index (χ2n) is 8.18. The van der Waals surface area contributed by atoms with Crippen molar-refractivity contribution in [1.82, 2.24) is 9.55 Å². The Morgan fingerprint density at radius 1 is 0.968 bits per heavy atom. The van der Waals surface area contributed by atoms with Crippen molar-refractivity contribution in [3.8, 4) is 0 Å². The maximum absolute atomic E-state index is 12.7. The van der Waals surface area contributed by atoms with Gasteiger partial charge in [-0.15, -0.1) is 0 Å². The zero-order valence-electron chi connectivity index (χ0n) is 17.5. The van der Waals surface area contributed by atoms with Crippen LogP contribution in [0.2, 0.25) is 0 Å². The Labute approximate surface area is 180 Å². The highest BCUT2D eigenvalue weighted by atomic mass is 16.2. The molecule has 2 amide bonds. The molecule has 0 bridgehead atoms. The quantitative estimate of drug-likeness (QED) is 0.659. The lowest BCUT2D eigenvalue weighted by molar-refractivity contribution is -0.121. The van der Waals surface area contributed by atoms with E-state index in [-0.39, 0.29) is 23.3 Å². The third kappa shape index (κ3) is 4.99. The number of hydrogen-bond acceptors (Lipinski definition) is 4. The molecule has 1 saturated carbocycles. The van der Waals surface area contributed by atoms with Crippen molar-refractivity contribution in [1.29, 1.82) is 0 Å². The Balaban J connectivity index is 1.31. The molecule has 1 aliphatic carbocycles. The van der Waals surface area contributed by atoms with E-state index in [9.17, 15) is 14.4 Å². The van der Waals surface area contributed by atoms with Crippen molar-refractivity contribution in [2.75, 3.05) is 10.6 Å². The van der Waals surface area contributed by atoms with Gasteiger partial charge in [0.05, 0.1) is 17.2 Å². The first-order valence-electron chi connectivity index (χ1n) is 10.6. The molecule has 1 aromatic heterocycles. The summed E-state index contributed by atoms with van der Waals surface area (Å²) in [5, 5.41) is 6.32. The highest BCUT2D eigenvalue weighted by Gasteiger charge is 2.27. The van der Waals surface area contributed by atoms with Crippen LogP contribution in [0.25, 0.3) is 10.9 Å². The lowest BCUT2D eigenvalue weighted by Gasteiger charge is -2.28. The molecule has 4 rings (SSSR count). The molecule has 1 aliphatic rings. The number of benzene rings is 2. The van der Waals surface area contributed by atoms with E-state index >= 15 is 0 Å². The molecular weight excluding hydrogens is 392 g/mol. The number of nitrogens with zero attached hydrogens (tertiary/aromatic N) is 2. The van der Waals surface area contributed by atoms with Crippen LogP contribution in [0.3, 0.4) is 0 Å². The summed E-state index contributed by atoms with van der Waals surface area (Å²) < 4.78 is 1.70. The number of para-hydroxylation sites is 1. The molecular formula is C24H26N4O3. The predicted molar refractivity (Wildman–Crippen MR) is 121 cm³/mol. The summed E-state index contributed by atoms with van der Waals surface area (Å²) in [6, 6.07) is 14.5. The SMILES string of the molecule is CC(=O)Nc1ccc(NC(=O)C2CCC(Cn3cnc4ccccc4c3=O)CC2)cc1. The minimum Gasteiger partial charge on any atom is -0.326 e. The number of nitrogens with one attached hydrogen (secondary N) is 2. The Hall–Kier alpha value is -3.48. The molecule has 0 radical (unpaired) electrons. The summed E-state index contributed by atoms with van der Waals surface area (Å²) >= 11 is 0. The van der Waals surface area contributed by atoms with E-state index in [2.05, 4.69) is 15.6 Å². The number of amides is 2. The van der Waals surface area contributed by atoms with Crippen LogP contribution in [0.15, 0.2) is 59.7 Å². The van der Waals surface area contributed by atoms with Crippen LogP contribution >= 0.6 is 0 Å². The molecule has 2 aromatic carbocycles. The highest BCUT2D eigenvalue weighted by Crippen LogP contribution is 2.30. The third-order valence-electron chi connectivity index (χ3n) is 5.88. The molecule has 160 valence electrons. The zero-order chi connectivity index (χ0) is 21.8. The highest BCUT2D eigenvalue weighted by molar-refractivity contribution is 5.93. The van der Waals surface area contributed by atoms with Crippen molar-refractivity contribution in [2.45, 2.75) is 39.2 Å². The van der Waals surface area contributed by atoms with Gasteiger partial charge in [0, 0.05) is 30.8 Å². The number of fused-ring (bicyclic) bond motifs is 1. The van der Waals surface area contributed by atoms with Crippen molar-refractivity contribution in [2.24, 2.45) is 11.8 Å². The van der Waals surface area contributed by atoms with Gasteiger partial charge in [0.2, 0.25) is 11.8 Å². The minimum absolute atomic E-state index is 0.00632. The third-order valence-corrected chi connectivity index (χ3v) is 5.88.